The van der Waals surface area contributed by atoms with E-state index in [9.17, 15) is 10.1 Å². The topological polar surface area (TPSA) is 81.2 Å². The number of rotatable bonds is 6. The van der Waals surface area contributed by atoms with Crippen molar-refractivity contribution in [3.05, 3.63) is 33.3 Å². The highest BCUT2D eigenvalue weighted by Gasteiger charge is 2.16. The van der Waals surface area contributed by atoms with Gasteiger partial charge in [0.25, 0.3) is 5.69 Å². The number of nitrogens with one attached hydrogen (secondary N) is 1. The number of hydrogen-bond donors (Lipinski definition) is 2. The van der Waals surface area contributed by atoms with E-state index >= 15 is 0 Å². The van der Waals surface area contributed by atoms with Crippen LogP contribution in [0.2, 0.25) is 5.02 Å². The number of nitro groups is 1. The zero-order chi connectivity index (χ0) is 12.8. The Morgan fingerprint density at radius 3 is 2.82 bits per heavy atom. The van der Waals surface area contributed by atoms with E-state index in [1.165, 1.54) is 6.07 Å². The fourth-order valence-corrected chi connectivity index (χ4v) is 1.76. The van der Waals surface area contributed by atoms with E-state index < -0.39 is 4.92 Å². The van der Waals surface area contributed by atoms with Crippen LogP contribution in [0.15, 0.2) is 18.2 Å². The zero-order valence-corrected chi connectivity index (χ0v) is 10.4. The van der Waals surface area contributed by atoms with Crippen molar-refractivity contribution in [3.63, 3.8) is 0 Å². The Kier molecular flexibility index (Phi) is 5.18. The van der Waals surface area contributed by atoms with Crippen LogP contribution in [0.3, 0.4) is 0 Å². The predicted octanol–water partition coefficient (Wildman–Crippen LogP) is 2.79. The summed E-state index contributed by atoms with van der Waals surface area (Å²) in [5.41, 5.74) is 6.04. The molecule has 0 saturated heterocycles. The second kappa shape index (κ2) is 6.42. The Hall–Kier alpha value is -1.33. The number of nitro benzene ring substituents is 1. The number of halogens is 1. The second-order valence-electron chi connectivity index (χ2n) is 3.78. The SMILES string of the molecule is CCCC(CN)Nc1ccc(Cl)cc1[N+](=O)[O-]. The van der Waals surface area contributed by atoms with Gasteiger partial charge in [-0.25, -0.2) is 0 Å². The molecule has 0 aromatic heterocycles. The van der Waals surface area contributed by atoms with Gasteiger partial charge < -0.3 is 11.1 Å². The van der Waals surface area contributed by atoms with Gasteiger partial charge in [-0.3, -0.25) is 10.1 Å². The number of nitrogens with two attached hydrogens (primary N) is 1. The first-order valence-electron chi connectivity index (χ1n) is 5.49. The number of anilines is 1. The van der Waals surface area contributed by atoms with Crippen LogP contribution < -0.4 is 11.1 Å². The van der Waals surface area contributed by atoms with Crippen molar-refractivity contribution in [1.29, 1.82) is 0 Å². The van der Waals surface area contributed by atoms with Crippen LogP contribution in [0, 0.1) is 10.1 Å². The Morgan fingerprint density at radius 1 is 1.59 bits per heavy atom. The molecule has 94 valence electrons. The van der Waals surface area contributed by atoms with Crippen molar-refractivity contribution >= 4 is 23.0 Å². The first-order valence-corrected chi connectivity index (χ1v) is 5.86. The Labute approximate surface area is 105 Å². The molecule has 5 nitrogen and oxygen atoms in total. The molecule has 1 aromatic carbocycles. The molecule has 3 N–H and O–H groups in total. The summed E-state index contributed by atoms with van der Waals surface area (Å²) in [5, 5.41) is 14.3. The first-order chi connectivity index (χ1) is 8.08. The monoisotopic (exact) mass is 257 g/mol. The lowest BCUT2D eigenvalue weighted by atomic mass is 10.1. The Morgan fingerprint density at radius 2 is 2.29 bits per heavy atom. The summed E-state index contributed by atoms with van der Waals surface area (Å²) in [5.74, 6) is 0. The summed E-state index contributed by atoms with van der Waals surface area (Å²) < 4.78 is 0. The van der Waals surface area contributed by atoms with Crippen LogP contribution in [-0.4, -0.2) is 17.5 Å². The van der Waals surface area contributed by atoms with Crippen molar-refractivity contribution in [1.82, 2.24) is 0 Å². The minimum atomic E-state index is -0.451. The van der Waals surface area contributed by atoms with Gasteiger partial charge in [0.05, 0.1) is 4.92 Å². The van der Waals surface area contributed by atoms with Crippen molar-refractivity contribution in [2.24, 2.45) is 5.73 Å². The summed E-state index contributed by atoms with van der Waals surface area (Å²) in [6, 6.07) is 4.61. The van der Waals surface area contributed by atoms with Crippen molar-refractivity contribution in [2.75, 3.05) is 11.9 Å². The van der Waals surface area contributed by atoms with E-state index in [1.54, 1.807) is 12.1 Å². The van der Waals surface area contributed by atoms with Gasteiger partial charge in [0.2, 0.25) is 0 Å². The van der Waals surface area contributed by atoms with Crippen molar-refractivity contribution in [3.8, 4) is 0 Å². The van der Waals surface area contributed by atoms with Gasteiger partial charge in [0.15, 0.2) is 0 Å². The smallest absolute Gasteiger partial charge is 0.293 e. The third-order valence-electron chi connectivity index (χ3n) is 2.44. The molecule has 1 unspecified atom stereocenters. The summed E-state index contributed by atoms with van der Waals surface area (Å²) in [6.07, 6.45) is 1.84. The molecule has 0 spiro atoms. The molecular formula is C11H16ClN3O2. The van der Waals surface area contributed by atoms with E-state index in [-0.39, 0.29) is 11.7 Å². The standard InChI is InChI=1S/C11H16ClN3O2/c1-2-3-9(7-13)14-10-5-4-8(12)6-11(10)15(16)17/h4-6,9,14H,2-3,7,13H2,1H3. The van der Waals surface area contributed by atoms with Gasteiger partial charge in [-0.1, -0.05) is 24.9 Å². The van der Waals surface area contributed by atoms with Crippen LogP contribution in [0.1, 0.15) is 19.8 Å². The van der Waals surface area contributed by atoms with Crippen molar-refractivity contribution in [2.45, 2.75) is 25.8 Å². The van der Waals surface area contributed by atoms with Gasteiger partial charge in [-0.05, 0) is 18.6 Å². The molecule has 0 amide bonds. The lowest BCUT2D eigenvalue weighted by Crippen LogP contribution is -2.28. The molecule has 0 bridgehead atoms. The molecular weight excluding hydrogens is 242 g/mol. The first kappa shape index (κ1) is 13.7. The van der Waals surface area contributed by atoms with Crippen LogP contribution in [0.4, 0.5) is 11.4 Å². The minimum Gasteiger partial charge on any atom is -0.375 e. The van der Waals surface area contributed by atoms with E-state index in [0.29, 0.717) is 17.3 Å². The molecule has 0 heterocycles. The summed E-state index contributed by atoms with van der Waals surface area (Å²) in [4.78, 5) is 10.4. The van der Waals surface area contributed by atoms with Gasteiger partial charge in [-0.2, -0.15) is 0 Å². The molecule has 0 aliphatic carbocycles. The molecule has 0 radical (unpaired) electrons. The fraction of sp³-hybridized carbons (Fsp3) is 0.455. The maximum absolute atomic E-state index is 10.9. The van der Waals surface area contributed by atoms with E-state index in [2.05, 4.69) is 5.32 Å². The summed E-state index contributed by atoms with van der Waals surface area (Å²) in [6.45, 7) is 2.48. The van der Waals surface area contributed by atoms with Crippen LogP contribution in [-0.2, 0) is 0 Å². The lowest BCUT2D eigenvalue weighted by molar-refractivity contribution is -0.384. The molecule has 0 fully saturated rings. The number of benzene rings is 1. The van der Waals surface area contributed by atoms with E-state index in [4.69, 9.17) is 17.3 Å². The Bertz CT molecular complexity index is 398. The quantitative estimate of drug-likeness (QED) is 0.606. The van der Waals surface area contributed by atoms with Crippen LogP contribution in [0.25, 0.3) is 0 Å². The highest BCUT2D eigenvalue weighted by Crippen LogP contribution is 2.28. The highest BCUT2D eigenvalue weighted by molar-refractivity contribution is 6.30. The number of hydrogen-bond acceptors (Lipinski definition) is 4. The average Bonchev–Trinajstić information content (AvgIpc) is 2.30. The molecule has 0 saturated carbocycles. The molecule has 0 aliphatic heterocycles. The van der Waals surface area contributed by atoms with Gasteiger partial charge >= 0.3 is 0 Å². The van der Waals surface area contributed by atoms with Gasteiger partial charge in [0, 0.05) is 23.7 Å². The number of nitrogens with zero attached hydrogens (tertiary/aromatic N) is 1. The molecule has 17 heavy (non-hydrogen) atoms. The predicted molar refractivity (Wildman–Crippen MR) is 69.5 cm³/mol. The average molecular weight is 258 g/mol. The second-order valence-corrected chi connectivity index (χ2v) is 4.22. The van der Waals surface area contributed by atoms with Crippen LogP contribution >= 0.6 is 11.6 Å². The highest BCUT2D eigenvalue weighted by atomic mass is 35.5. The summed E-state index contributed by atoms with van der Waals surface area (Å²) in [7, 11) is 0. The van der Waals surface area contributed by atoms with Gasteiger partial charge in [-0.15, -0.1) is 0 Å². The normalized spacial score (nSPS) is 12.2. The van der Waals surface area contributed by atoms with E-state index in [1.807, 2.05) is 6.92 Å². The summed E-state index contributed by atoms with van der Waals surface area (Å²) >= 11 is 5.74. The molecule has 1 aromatic rings. The Balaban J connectivity index is 2.92. The van der Waals surface area contributed by atoms with Crippen LogP contribution in [0.5, 0.6) is 0 Å². The third-order valence-corrected chi connectivity index (χ3v) is 2.67. The van der Waals surface area contributed by atoms with Gasteiger partial charge in [0.1, 0.15) is 5.69 Å². The fourth-order valence-electron chi connectivity index (χ4n) is 1.60. The maximum Gasteiger partial charge on any atom is 0.293 e. The van der Waals surface area contributed by atoms with E-state index in [0.717, 1.165) is 12.8 Å². The molecule has 6 heteroatoms. The molecule has 1 atom stereocenters. The zero-order valence-electron chi connectivity index (χ0n) is 9.65. The largest absolute Gasteiger partial charge is 0.375 e. The van der Waals surface area contributed by atoms with Crippen molar-refractivity contribution < 1.29 is 4.92 Å². The third kappa shape index (κ3) is 3.87. The molecule has 0 aliphatic rings. The maximum atomic E-state index is 10.9. The molecule has 1 rings (SSSR count). The lowest BCUT2D eigenvalue weighted by Gasteiger charge is -2.17. The minimum absolute atomic E-state index is 0.0212.